The minimum atomic E-state index is -5.22. The Bertz CT molecular complexity index is 2600. The fourth-order valence-electron chi connectivity index (χ4n) is 12.2. The van der Waals surface area contributed by atoms with E-state index in [-0.39, 0.29) is 31.8 Å². The van der Waals surface area contributed by atoms with E-state index in [4.69, 9.17) is 80.0 Å². The molecule has 43 heteroatoms. The average molecular weight is 1440 g/mol. The number of amides is 4. The molecule has 8 aliphatic rings. The fraction of sp³-hybridized carbons (Fsp3) is 0.925. The fourth-order valence-corrected chi connectivity index (χ4v) is 12.7. The highest BCUT2D eigenvalue weighted by atomic mass is 32.3. The summed E-state index contributed by atoms with van der Waals surface area (Å²) in [6.07, 6.45) is -42.5. The van der Waals surface area contributed by atoms with Crippen LogP contribution in [0.1, 0.15) is 53.4 Å². The summed E-state index contributed by atoms with van der Waals surface area (Å²) in [5.41, 5.74) is 0. The molecule has 0 aromatic carbocycles. The number of rotatable bonds is 27. The van der Waals surface area contributed by atoms with Crippen molar-refractivity contribution in [3.63, 3.8) is 0 Å². The van der Waals surface area contributed by atoms with Crippen LogP contribution in [0.5, 0.6) is 0 Å². The Hall–Kier alpha value is -3.06. The van der Waals surface area contributed by atoms with E-state index in [0.29, 0.717) is 0 Å². The minimum absolute atomic E-state index is 0.0832. The molecular weight excluding hydrogens is 1350 g/mol. The van der Waals surface area contributed by atoms with Gasteiger partial charge in [-0.25, -0.2) is 4.18 Å². The lowest BCUT2D eigenvalue weighted by Crippen LogP contribution is -2.68. The highest BCUT2D eigenvalue weighted by Crippen LogP contribution is 2.37. The van der Waals surface area contributed by atoms with Gasteiger partial charge in [0, 0.05) is 60.5 Å². The van der Waals surface area contributed by atoms with Gasteiger partial charge in [-0.05, 0) is 0 Å². The van der Waals surface area contributed by atoms with Gasteiger partial charge in [0.1, 0.15) is 122 Å². The van der Waals surface area contributed by atoms with Crippen molar-refractivity contribution < 1.29 is 177 Å². The number of ether oxygens (including phenoxy) is 16. The molecule has 8 heterocycles. The Morgan fingerprint density at radius 3 is 1.04 bits per heavy atom. The summed E-state index contributed by atoms with van der Waals surface area (Å²) in [5.74, 6) is -2.67. The monoisotopic (exact) mass is 1440 g/mol. The SMILES string of the molecule is CO[C@H]1OC(CO)[C@@H](O[C@H]2C[C@H](O)[C@@H](O[C@@H]3OC(COS(=O)(=O)O)[C@@H](O[C@H]4C[C@H](O)[C@@H](O[C@@H]5OC(COSO)[C@@H](O[C@H]6C[C@H](O)[C@@H](O[C@@H]7OC(CO)[C@@H](O[C@H]8C[C@H](O)[C@H](O)CO8)[C@H](O)C7NC(C)=O)CO6)[C@H](O)C5NC(C)=O)CO4)[C@H](O)C3NC(C)=O)CO2)[C@H](O)C1NC(C)=O. The second-order valence-corrected chi connectivity index (χ2v) is 25.4. The number of hydrogen-bond donors (Lipinski definition) is 17. The zero-order valence-corrected chi connectivity index (χ0v) is 54.0. The minimum Gasteiger partial charge on any atom is -0.394 e. The summed E-state index contributed by atoms with van der Waals surface area (Å²) < 4.78 is 147. The Labute approximate surface area is 552 Å². The third-order valence-corrected chi connectivity index (χ3v) is 17.5. The standard InChI is InChI=1S/C53H88N4O37S2/c1-18(60)54-38-42(69)46(27(10-58)84-50(38)77-5)92-35-7-23(65)31(14-79-35)88-53-41(57-21(4)63)45(72)49(33(90-53)17-83-96(74,75)76)94-37-9-25(67)30(15-81-37)87-52-40(56-20(3)62)44(71)48(32(89-52)16-82-95-73)93-36-8-24(66)29(13-80-36)86-51-39(55-19(2)61)43(70)47(28(11-59)85-51)91-34-6-22(64)26(68)12-78-34/h22-53,58-59,64-73H,6-17H2,1-5H3,(H,54,60)(H,55,61)(H,56,62)(H,57,63)(H,74,75,76)/t22-,23-,24-,25-,26+,27?,28?,29-,30-,31-,32?,33?,34-,35-,36-,37-,38?,39?,40?,41?,42+,43+,44+,45+,46+,47+,48+,49+,50-,51-,52+,53+/m0/s1. The summed E-state index contributed by atoms with van der Waals surface area (Å²) in [6.45, 7) is -0.377. The van der Waals surface area contributed by atoms with Crippen molar-refractivity contribution in [2.24, 2.45) is 0 Å². The number of carbonyl (C=O) groups excluding carboxylic acids is 4. The summed E-state index contributed by atoms with van der Waals surface area (Å²) in [7, 11) is -3.97. The van der Waals surface area contributed by atoms with Crippen LogP contribution in [0.25, 0.3) is 0 Å². The van der Waals surface area contributed by atoms with Crippen molar-refractivity contribution in [2.45, 2.75) is 250 Å². The van der Waals surface area contributed by atoms with E-state index in [0.717, 1.165) is 20.8 Å². The van der Waals surface area contributed by atoms with Gasteiger partial charge in [-0.1, -0.05) is 0 Å². The van der Waals surface area contributed by atoms with E-state index in [9.17, 15) is 92.9 Å². The Morgan fingerprint density at radius 2 is 0.740 bits per heavy atom. The number of carbonyl (C=O) groups is 4. The average Bonchev–Trinajstić information content (AvgIpc) is 0.813. The molecule has 4 amide bonds. The van der Waals surface area contributed by atoms with Crippen molar-refractivity contribution in [2.75, 3.05) is 60.0 Å². The van der Waals surface area contributed by atoms with Crippen molar-refractivity contribution in [1.29, 1.82) is 0 Å². The van der Waals surface area contributed by atoms with Crippen LogP contribution in [0.2, 0.25) is 0 Å². The van der Waals surface area contributed by atoms with Gasteiger partial charge < -0.3 is 158 Å². The van der Waals surface area contributed by atoms with Gasteiger partial charge >= 0.3 is 10.4 Å². The van der Waals surface area contributed by atoms with E-state index in [1.165, 1.54) is 14.0 Å². The van der Waals surface area contributed by atoms with Crippen LogP contribution in [-0.2, 0) is 114 Å². The Kier molecular flexibility index (Phi) is 29.3. The number of nitrogens with one attached hydrogen (secondary N) is 4. The first-order valence-electron chi connectivity index (χ1n) is 30.7. The number of aliphatic hydroxyl groups excluding tert-OH is 11. The zero-order chi connectivity index (χ0) is 70.0. The van der Waals surface area contributed by atoms with Gasteiger partial charge in [0.15, 0.2) is 62.6 Å². The van der Waals surface area contributed by atoms with E-state index in [2.05, 4.69) is 25.5 Å². The van der Waals surface area contributed by atoms with E-state index >= 15 is 0 Å². The summed E-state index contributed by atoms with van der Waals surface area (Å²) in [5, 5.41) is 131. The van der Waals surface area contributed by atoms with E-state index in [1.54, 1.807) is 0 Å². The lowest BCUT2D eigenvalue weighted by Gasteiger charge is -2.48. The van der Waals surface area contributed by atoms with Crippen LogP contribution in [0.3, 0.4) is 0 Å². The molecule has 0 radical (unpaired) electrons. The molecule has 0 aliphatic carbocycles. The third kappa shape index (κ3) is 20.6. The van der Waals surface area contributed by atoms with Crippen LogP contribution in [0.4, 0.5) is 0 Å². The molecule has 8 fully saturated rings. The first kappa shape index (κ1) is 78.7. The Morgan fingerprint density at radius 1 is 0.438 bits per heavy atom. The smallest absolute Gasteiger partial charge is 0.394 e. The maximum atomic E-state index is 12.7. The van der Waals surface area contributed by atoms with Crippen LogP contribution in [0.15, 0.2) is 0 Å². The molecule has 8 saturated heterocycles. The topological polar surface area (TPSA) is 580 Å². The van der Waals surface area contributed by atoms with E-state index in [1.807, 2.05) is 0 Å². The summed E-state index contributed by atoms with van der Waals surface area (Å²) >= 11 is -0.0832. The van der Waals surface area contributed by atoms with E-state index < -0.39 is 290 Å². The molecule has 0 aromatic rings. The highest BCUT2D eigenvalue weighted by molar-refractivity contribution is 7.88. The molecular formula is C53H88N4O37S2. The maximum Gasteiger partial charge on any atom is 0.397 e. The molecule has 41 nitrogen and oxygen atoms in total. The predicted octanol–water partition coefficient (Wildman–Crippen LogP) is -9.58. The largest absolute Gasteiger partial charge is 0.397 e. The van der Waals surface area contributed by atoms with Gasteiger partial charge in [0.05, 0.1) is 77.3 Å². The second-order valence-electron chi connectivity index (χ2n) is 24.0. The Balaban J connectivity index is 0.882. The van der Waals surface area contributed by atoms with Gasteiger partial charge in [0.2, 0.25) is 23.6 Å². The molecule has 17 N–H and O–H groups in total. The first-order valence-corrected chi connectivity index (χ1v) is 32.7. The molecule has 8 rings (SSSR count). The first-order chi connectivity index (χ1) is 45.5. The summed E-state index contributed by atoms with van der Waals surface area (Å²) in [4.78, 5) is 49.7. The number of aliphatic hydroxyl groups is 11. The van der Waals surface area contributed by atoms with Crippen molar-refractivity contribution in [1.82, 2.24) is 21.3 Å². The lowest BCUT2D eigenvalue weighted by atomic mass is 9.95. The van der Waals surface area contributed by atoms with Crippen molar-refractivity contribution in [3.05, 3.63) is 0 Å². The highest BCUT2D eigenvalue weighted by Gasteiger charge is 2.56. The molecule has 0 saturated carbocycles. The maximum absolute atomic E-state index is 12.7. The quantitative estimate of drug-likeness (QED) is 0.0268. The molecule has 0 bridgehead atoms. The van der Waals surface area contributed by atoms with Gasteiger partial charge in [-0.3, -0.25) is 27.9 Å². The zero-order valence-electron chi connectivity index (χ0n) is 52.4. The normalized spacial score (nSPS) is 44.1. The van der Waals surface area contributed by atoms with Gasteiger partial charge in [-0.2, -0.15) is 8.42 Å². The third-order valence-electron chi connectivity index (χ3n) is 16.9. The van der Waals surface area contributed by atoms with Crippen LogP contribution in [0, 0.1) is 0 Å². The van der Waals surface area contributed by atoms with Crippen LogP contribution in [-0.4, -0.2) is 354 Å². The van der Waals surface area contributed by atoms with Crippen LogP contribution >= 0.6 is 12.3 Å². The van der Waals surface area contributed by atoms with Gasteiger partial charge in [0.25, 0.3) is 0 Å². The number of hydrogen-bond acceptors (Lipinski definition) is 37. The van der Waals surface area contributed by atoms with Crippen molar-refractivity contribution >= 4 is 46.4 Å². The molecule has 96 heavy (non-hydrogen) atoms. The number of methoxy groups -OCH3 is 1. The second kappa shape index (κ2) is 35.7. The molecule has 0 aromatic heterocycles. The molecule has 554 valence electrons. The molecule has 32 atom stereocenters. The van der Waals surface area contributed by atoms with Crippen molar-refractivity contribution in [3.8, 4) is 0 Å². The molecule has 8 unspecified atom stereocenters. The van der Waals surface area contributed by atoms with Gasteiger partial charge in [-0.15, -0.1) is 0 Å². The lowest BCUT2D eigenvalue weighted by molar-refractivity contribution is -0.352. The summed E-state index contributed by atoms with van der Waals surface area (Å²) in [6, 6.07) is -5.67. The van der Waals surface area contributed by atoms with Crippen LogP contribution < -0.4 is 21.3 Å². The molecule has 0 spiro atoms. The predicted molar refractivity (Wildman–Crippen MR) is 306 cm³/mol. The molecule has 8 aliphatic heterocycles.